The first-order chi connectivity index (χ1) is 10.5. The van der Waals surface area contributed by atoms with Gasteiger partial charge in [0.05, 0.1) is 5.92 Å². The molecule has 2 aliphatic heterocycles. The first-order valence-corrected chi connectivity index (χ1v) is 7.58. The average Bonchev–Trinajstić information content (AvgIpc) is 2.90. The van der Waals surface area contributed by atoms with Gasteiger partial charge in [-0.15, -0.1) is 0 Å². The molecule has 0 bridgehead atoms. The highest BCUT2D eigenvalue weighted by molar-refractivity contribution is 6.00. The van der Waals surface area contributed by atoms with E-state index in [-0.39, 0.29) is 30.0 Å². The third-order valence-corrected chi connectivity index (χ3v) is 4.43. The van der Waals surface area contributed by atoms with Crippen molar-refractivity contribution in [3.8, 4) is 0 Å². The minimum absolute atomic E-state index is 0.0612. The Morgan fingerprint density at radius 2 is 1.77 bits per heavy atom. The fourth-order valence-corrected chi connectivity index (χ4v) is 3.03. The molecule has 0 N–H and O–H groups in total. The molecule has 3 rings (SSSR count). The number of carbonyl (C=O) groups is 2. The van der Waals surface area contributed by atoms with Gasteiger partial charge in [0.1, 0.15) is 5.82 Å². The minimum atomic E-state index is -0.333. The maximum Gasteiger partial charge on any atom is 0.228 e. The Bertz CT molecular complexity index is 567. The predicted molar refractivity (Wildman–Crippen MR) is 80.9 cm³/mol. The molecule has 1 aromatic carbocycles. The van der Waals surface area contributed by atoms with E-state index in [0.29, 0.717) is 12.2 Å². The van der Waals surface area contributed by atoms with E-state index in [9.17, 15) is 14.0 Å². The van der Waals surface area contributed by atoms with Gasteiger partial charge in [-0.25, -0.2) is 4.39 Å². The lowest BCUT2D eigenvalue weighted by Crippen LogP contribution is -2.49. The van der Waals surface area contributed by atoms with Gasteiger partial charge in [0.15, 0.2) is 0 Å². The topological polar surface area (TPSA) is 43.9 Å². The average molecular weight is 305 g/mol. The fraction of sp³-hybridized carbons (Fsp3) is 0.500. The molecule has 2 fully saturated rings. The standard InChI is InChI=1S/C16H20FN3O2/c1-18-6-8-19(9-7-18)16(22)12-10-15(21)20(11-12)14-4-2-13(17)3-5-14/h2-5,12H,6-11H2,1H3. The number of anilines is 1. The molecule has 0 radical (unpaired) electrons. The molecule has 0 aliphatic carbocycles. The van der Waals surface area contributed by atoms with Crippen LogP contribution < -0.4 is 4.90 Å². The van der Waals surface area contributed by atoms with Crippen molar-refractivity contribution < 1.29 is 14.0 Å². The highest BCUT2D eigenvalue weighted by Crippen LogP contribution is 2.26. The van der Waals surface area contributed by atoms with Gasteiger partial charge in [-0.3, -0.25) is 9.59 Å². The summed E-state index contributed by atoms with van der Waals surface area (Å²) in [4.78, 5) is 30.3. The van der Waals surface area contributed by atoms with Crippen LogP contribution >= 0.6 is 0 Å². The van der Waals surface area contributed by atoms with Gasteiger partial charge in [0.25, 0.3) is 0 Å². The van der Waals surface area contributed by atoms with Crippen LogP contribution in [0.1, 0.15) is 6.42 Å². The second-order valence-electron chi connectivity index (χ2n) is 6.01. The van der Waals surface area contributed by atoms with Crippen LogP contribution in [-0.2, 0) is 9.59 Å². The van der Waals surface area contributed by atoms with Crippen molar-refractivity contribution in [3.63, 3.8) is 0 Å². The second-order valence-corrected chi connectivity index (χ2v) is 6.01. The smallest absolute Gasteiger partial charge is 0.228 e. The predicted octanol–water partition coefficient (Wildman–Crippen LogP) is 0.953. The van der Waals surface area contributed by atoms with Crippen molar-refractivity contribution >= 4 is 17.5 Å². The summed E-state index contributed by atoms with van der Waals surface area (Å²) in [5.41, 5.74) is 0.653. The fourth-order valence-electron chi connectivity index (χ4n) is 3.03. The molecule has 6 heteroatoms. The summed E-state index contributed by atoms with van der Waals surface area (Å²) in [6.45, 7) is 3.56. The van der Waals surface area contributed by atoms with E-state index in [1.165, 1.54) is 12.1 Å². The molecule has 2 saturated heterocycles. The van der Waals surface area contributed by atoms with Crippen LogP contribution in [0.5, 0.6) is 0 Å². The molecule has 0 aromatic heterocycles. The summed E-state index contributed by atoms with van der Waals surface area (Å²) in [6, 6.07) is 5.82. The Labute approximate surface area is 129 Å². The largest absolute Gasteiger partial charge is 0.340 e. The molecule has 22 heavy (non-hydrogen) atoms. The lowest BCUT2D eigenvalue weighted by atomic mass is 10.1. The molecule has 1 atom stereocenters. The lowest BCUT2D eigenvalue weighted by molar-refractivity contribution is -0.137. The van der Waals surface area contributed by atoms with Crippen LogP contribution in [0.25, 0.3) is 0 Å². The molecule has 5 nitrogen and oxygen atoms in total. The number of carbonyl (C=O) groups excluding carboxylic acids is 2. The van der Waals surface area contributed by atoms with Gasteiger partial charge in [-0.05, 0) is 31.3 Å². The Hall–Kier alpha value is -1.95. The van der Waals surface area contributed by atoms with Crippen molar-refractivity contribution in [1.29, 1.82) is 0 Å². The Balaban J connectivity index is 1.66. The highest BCUT2D eigenvalue weighted by Gasteiger charge is 2.37. The van der Waals surface area contributed by atoms with Gasteiger partial charge >= 0.3 is 0 Å². The lowest BCUT2D eigenvalue weighted by Gasteiger charge is -2.33. The summed E-state index contributed by atoms with van der Waals surface area (Å²) in [7, 11) is 2.04. The number of hydrogen-bond donors (Lipinski definition) is 0. The molecule has 2 amide bonds. The molecular formula is C16H20FN3O2. The zero-order chi connectivity index (χ0) is 15.7. The Morgan fingerprint density at radius 1 is 1.14 bits per heavy atom. The number of piperazine rings is 1. The molecule has 0 spiro atoms. The quantitative estimate of drug-likeness (QED) is 0.817. The first-order valence-electron chi connectivity index (χ1n) is 7.58. The SMILES string of the molecule is CN1CCN(C(=O)C2CC(=O)N(c3ccc(F)cc3)C2)CC1. The van der Waals surface area contributed by atoms with Crippen molar-refractivity contribution in [3.05, 3.63) is 30.1 Å². The van der Waals surface area contributed by atoms with Crippen LogP contribution in [-0.4, -0.2) is 61.4 Å². The maximum absolute atomic E-state index is 13.0. The maximum atomic E-state index is 13.0. The minimum Gasteiger partial charge on any atom is -0.340 e. The molecule has 118 valence electrons. The number of halogens is 1. The summed E-state index contributed by atoms with van der Waals surface area (Å²) in [5, 5.41) is 0. The van der Waals surface area contributed by atoms with Gasteiger partial charge in [-0.1, -0.05) is 0 Å². The van der Waals surface area contributed by atoms with E-state index >= 15 is 0 Å². The Kier molecular flexibility index (Phi) is 4.11. The van der Waals surface area contributed by atoms with Crippen molar-refractivity contribution in [2.75, 3.05) is 44.7 Å². The van der Waals surface area contributed by atoms with Crippen LogP contribution in [0.3, 0.4) is 0 Å². The van der Waals surface area contributed by atoms with Gasteiger partial charge in [-0.2, -0.15) is 0 Å². The number of rotatable bonds is 2. The van der Waals surface area contributed by atoms with Gasteiger partial charge in [0, 0.05) is 44.8 Å². The molecule has 0 saturated carbocycles. The van der Waals surface area contributed by atoms with Crippen molar-refractivity contribution in [2.24, 2.45) is 5.92 Å². The summed E-state index contributed by atoms with van der Waals surface area (Å²) >= 11 is 0. The van der Waals surface area contributed by atoms with E-state index in [1.54, 1.807) is 17.0 Å². The van der Waals surface area contributed by atoms with Crippen LogP contribution in [0.15, 0.2) is 24.3 Å². The zero-order valence-corrected chi connectivity index (χ0v) is 12.7. The van der Waals surface area contributed by atoms with Crippen LogP contribution in [0.2, 0.25) is 0 Å². The summed E-state index contributed by atoms with van der Waals surface area (Å²) in [6.07, 6.45) is 0.239. The summed E-state index contributed by atoms with van der Waals surface area (Å²) < 4.78 is 13.0. The van der Waals surface area contributed by atoms with Gasteiger partial charge in [0.2, 0.25) is 11.8 Å². The third kappa shape index (κ3) is 2.97. The van der Waals surface area contributed by atoms with E-state index in [2.05, 4.69) is 4.90 Å². The van der Waals surface area contributed by atoms with Crippen molar-refractivity contribution in [1.82, 2.24) is 9.80 Å². The molecule has 2 heterocycles. The monoisotopic (exact) mass is 305 g/mol. The van der Waals surface area contributed by atoms with E-state index in [1.807, 2.05) is 11.9 Å². The number of amides is 2. The van der Waals surface area contributed by atoms with Gasteiger partial charge < -0.3 is 14.7 Å². The number of likely N-dealkylation sites (N-methyl/N-ethyl adjacent to an activating group) is 1. The van der Waals surface area contributed by atoms with E-state index in [4.69, 9.17) is 0 Å². The van der Waals surface area contributed by atoms with Crippen LogP contribution in [0, 0.1) is 11.7 Å². The molecular weight excluding hydrogens is 285 g/mol. The number of nitrogens with zero attached hydrogens (tertiary/aromatic N) is 3. The number of hydrogen-bond acceptors (Lipinski definition) is 3. The zero-order valence-electron chi connectivity index (χ0n) is 12.7. The third-order valence-electron chi connectivity index (χ3n) is 4.43. The molecule has 1 unspecified atom stereocenters. The summed E-state index contributed by atoms with van der Waals surface area (Å²) in [5.74, 6) is -0.633. The van der Waals surface area contributed by atoms with E-state index in [0.717, 1.165) is 26.2 Å². The normalized spacial score (nSPS) is 23.2. The molecule has 1 aromatic rings. The second kappa shape index (κ2) is 6.04. The van der Waals surface area contributed by atoms with Crippen molar-refractivity contribution in [2.45, 2.75) is 6.42 Å². The first kappa shape index (κ1) is 15.0. The highest BCUT2D eigenvalue weighted by atomic mass is 19.1. The van der Waals surface area contributed by atoms with E-state index < -0.39 is 0 Å². The number of benzene rings is 1. The molecule has 2 aliphatic rings. The Morgan fingerprint density at radius 3 is 2.41 bits per heavy atom. The van der Waals surface area contributed by atoms with Crippen LogP contribution in [0.4, 0.5) is 10.1 Å².